The van der Waals surface area contributed by atoms with Crippen LogP contribution in [0.4, 0.5) is 34.1 Å². The number of azo groups is 2. The molecular formula is C40H23CoN6O14S2. The Labute approximate surface area is 363 Å². The zero-order valence-corrected chi connectivity index (χ0v) is 33.9. The molecule has 0 spiro atoms. The monoisotopic (exact) mass is 934 g/mol. The summed E-state index contributed by atoms with van der Waals surface area (Å²) in [7, 11) is -9.68. The third kappa shape index (κ3) is 9.03. The van der Waals surface area contributed by atoms with Gasteiger partial charge in [0, 0.05) is 62.6 Å². The first-order valence-electron chi connectivity index (χ1n) is 17.4. The molecule has 0 heterocycles. The Balaban J connectivity index is 0.000000206. The van der Waals surface area contributed by atoms with Crippen LogP contribution in [0.3, 0.4) is 0 Å². The summed E-state index contributed by atoms with van der Waals surface area (Å²) in [5, 5.41) is 87.3. The van der Waals surface area contributed by atoms with Crippen molar-refractivity contribution in [3.05, 3.63) is 142 Å². The number of rotatable bonds is 8. The van der Waals surface area contributed by atoms with Crippen LogP contribution in [-0.4, -0.2) is 40.9 Å². The molecule has 0 saturated carbocycles. The Morgan fingerprint density at radius 3 is 1.25 bits per heavy atom. The Hall–Kier alpha value is -7.67. The molecule has 0 radical (unpaired) electrons. The molecule has 0 aliphatic carbocycles. The van der Waals surface area contributed by atoms with Gasteiger partial charge in [-0.05, 0) is 29.0 Å². The Kier molecular flexibility index (Phi) is 12.4. The smallest absolute Gasteiger partial charge is 0.871 e. The maximum Gasteiger partial charge on any atom is 3.00 e. The molecular weight excluding hydrogens is 912 g/mol. The fourth-order valence-electron chi connectivity index (χ4n) is 6.43. The molecule has 3 N–H and O–H groups in total. The SMILES string of the molecule is O=[N+]([O-])c1ccc2c(N=Nc3c([O-])ccc4ccccc34)c(O)cc(S(=O)(=O)O)c2c1.O=[N+]([O-])c1ccc2c(N=Nc3c([O-])ccc4ccccc34)c([O-])cc(S(=O)(=O)O)c2c1.[Co+3]. The van der Waals surface area contributed by atoms with E-state index in [4.69, 9.17) is 0 Å². The van der Waals surface area contributed by atoms with Gasteiger partial charge in [0.05, 0.1) is 26.9 Å². The second-order valence-corrected chi connectivity index (χ2v) is 15.8. The van der Waals surface area contributed by atoms with Crippen molar-refractivity contribution in [3.63, 3.8) is 0 Å². The van der Waals surface area contributed by atoms with E-state index in [0.717, 1.165) is 47.2 Å². The number of nitro benzene ring substituents is 2. The van der Waals surface area contributed by atoms with Crippen molar-refractivity contribution >= 4 is 97.5 Å². The molecule has 0 aliphatic heterocycles. The predicted octanol–water partition coefficient (Wildman–Crippen LogP) is 8.05. The van der Waals surface area contributed by atoms with Crippen molar-refractivity contribution in [2.45, 2.75) is 9.79 Å². The van der Waals surface area contributed by atoms with E-state index >= 15 is 0 Å². The van der Waals surface area contributed by atoms with Crippen LogP contribution in [0, 0.1) is 20.2 Å². The minimum atomic E-state index is -4.86. The Morgan fingerprint density at radius 1 is 0.444 bits per heavy atom. The van der Waals surface area contributed by atoms with Crippen LogP contribution < -0.4 is 15.3 Å². The largest absolute Gasteiger partial charge is 3.00 e. The Morgan fingerprint density at radius 2 is 0.825 bits per heavy atom. The average molecular weight is 935 g/mol. The number of benzene rings is 8. The molecule has 318 valence electrons. The molecule has 0 bridgehead atoms. The van der Waals surface area contributed by atoms with E-state index in [-0.39, 0.29) is 61.1 Å². The van der Waals surface area contributed by atoms with Crippen LogP contribution >= 0.6 is 0 Å². The van der Waals surface area contributed by atoms with Gasteiger partial charge in [-0.1, -0.05) is 90.0 Å². The van der Waals surface area contributed by atoms with Gasteiger partial charge in [-0.25, -0.2) is 0 Å². The van der Waals surface area contributed by atoms with E-state index in [1.54, 1.807) is 60.7 Å². The van der Waals surface area contributed by atoms with Crippen LogP contribution in [0.25, 0.3) is 43.1 Å². The molecule has 8 rings (SSSR count). The molecule has 0 unspecified atom stereocenters. The predicted molar refractivity (Wildman–Crippen MR) is 217 cm³/mol. The van der Waals surface area contributed by atoms with Crippen LogP contribution in [0.1, 0.15) is 0 Å². The minimum absolute atomic E-state index is 0. The van der Waals surface area contributed by atoms with Gasteiger partial charge in [0.15, 0.2) is 0 Å². The molecule has 0 aliphatic rings. The standard InChI is InChI=1S/2C20H13N3O7S.Co/c2*24-16-8-5-11-3-1-2-4-13(11)19(16)21-22-20-14-7-6-12(23(26)27)9-15(14)18(10-17(20)25)31(28,29)30;/h2*1-10,24-25H,(H,28,29,30);/q;;+3/p-3. The van der Waals surface area contributed by atoms with Gasteiger partial charge >= 0.3 is 16.8 Å². The van der Waals surface area contributed by atoms with Gasteiger partial charge in [-0.15, -0.1) is 5.11 Å². The van der Waals surface area contributed by atoms with Gasteiger partial charge in [-0.2, -0.15) is 32.2 Å². The molecule has 0 saturated heterocycles. The number of phenolic OH excluding ortho intramolecular Hbond substituents is 1. The van der Waals surface area contributed by atoms with Crippen LogP contribution in [0.15, 0.2) is 152 Å². The number of aromatic hydroxyl groups is 1. The number of hydrogen-bond acceptors (Lipinski definition) is 16. The second kappa shape index (κ2) is 17.4. The van der Waals surface area contributed by atoms with E-state index < -0.39 is 74.2 Å². The van der Waals surface area contributed by atoms with Gasteiger partial charge < -0.3 is 20.4 Å². The average Bonchev–Trinajstić information content (AvgIpc) is 3.22. The molecule has 0 fully saturated rings. The van der Waals surface area contributed by atoms with Gasteiger partial charge in [-0.3, -0.25) is 29.3 Å². The number of nitro groups is 2. The third-order valence-electron chi connectivity index (χ3n) is 9.26. The maximum atomic E-state index is 12.5. The van der Waals surface area contributed by atoms with Crippen molar-refractivity contribution in [1.82, 2.24) is 0 Å². The van der Waals surface area contributed by atoms with Crippen molar-refractivity contribution in [2.75, 3.05) is 0 Å². The molecule has 8 aromatic carbocycles. The summed E-state index contributed by atoms with van der Waals surface area (Å²) in [5.74, 6) is -2.41. The Bertz CT molecular complexity index is 3270. The van der Waals surface area contributed by atoms with Crippen molar-refractivity contribution in [1.29, 1.82) is 0 Å². The third-order valence-corrected chi connectivity index (χ3v) is 11.0. The summed E-state index contributed by atoms with van der Waals surface area (Å²) >= 11 is 0. The molecule has 0 atom stereocenters. The molecule has 23 heteroatoms. The first kappa shape index (κ1) is 44.9. The zero-order chi connectivity index (χ0) is 44.7. The van der Waals surface area contributed by atoms with Gasteiger partial charge in [0.1, 0.15) is 21.2 Å². The van der Waals surface area contributed by atoms with E-state index in [0.29, 0.717) is 16.8 Å². The molecule has 0 amide bonds. The van der Waals surface area contributed by atoms with E-state index in [9.17, 15) is 66.6 Å². The molecule has 0 aromatic heterocycles. The number of fused-ring (bicyclic) bond motifs is 4. The maximum absolute atomic E-state index is 12.5. The number of non-ortho nitro benzene ring substituents is 2. The van der Waals surface area contributed by atoms with Crippen molar-refractivity contribution in [2.24, 2.45) is 20.5 Å². The van der Waals surface area contributed by atoms with Gasteiger partial charge in [0.25, 0.3) is 31.6 Å². The molecule has 20 nitrogen and oxygen atoms in total. The minimum Gasteiger partial charge on any atom is -0.871 e. The first-order chi connectivity index (χ1) is 29.3. The summed E-state index contributed by atoms with van der Waals surface area (Å²) in [6.45, 7) is 0. The van der Waals surface area contributed by atoms with Crippen LogP contribution in [0.5, 0.6) is 23.0 Å². The summed E-state index contributed by atoms with van der Waals surface area (Å²) in [4.78, 5) is 19.2. The second-order valence-electron chi connectivity index (χ2n) is 13.1. The summed E-state index contributed by atoms with van der Waals surface area (Å²) in [6.07, 6.45) is 0. The van der Waals surface area contributed by atoms with Gasteiger partial charge in [0.2, 0.25) is 0 Å². The quantitative estimate of drug-likeness (QED) is 0.0562. The normalized spacial score (nSPS) is 11.8. The molecule has 63 heavy (non-hydrogen) atoms. The summed E-state index contributed by atoms with van der Waals surface area (Å²) in [6, 6.07) is 27.4. The van der Waals surface area contributed by atoms with E-state index in [2.05, 4.69) is 20.5 Å². The van der Waals surface area contributed by atoms with E-state index in [1.165, 1.54) is 18.2 Å². The summed E-state index contributed by atoms with van der Waals surface area (Å²) < 4.78 is 65.9. The fraction of sp³-hybridized carbons (Fsp3) is 0. The number of phenols is 1. The zero-order valence-electron chi connectivity index (χ0n) is 31.2. The topological polar surface area (TPSA) is 334 Å². The first-order valence-corrected chi connectivity index (χ1v) is 20.2. The van der Waals surface area contributed by atoms with Crippen molar-refractivity contribution < 1.29 is 73.0 Å². The fourth-order valence-corrected chi connectivity index (χ4v) is 7.84. The molecule has 8 aromatic rings. The van der Waals surface area contributed by atoms with E-state index in [1.807, 2.05) is 0 Å². The number of nitrogens with zero attached hydrogens (tertiary/aromatic N) is 6. The summed E-state index contributed by atoms with van der Waals surface area (Å²) in [5.41, 5.74) is -1.44. The van der Waals surface area contributed by atoms with Crippen molar-refractivity contribution in [3.8, 4) is 23.0 Å². The number of hydrogen-bond donors (Lipinski definition) is 3. The van der Waals surface area contributed by atoms with Crippen LogP contribution in [-0.2, 0) is 37.0 Å². The van der Waals surface area contributed by atoms with Crippen LogP contribution in [0.2, 0.25) is 0 Å².